The van der Waals surface area contributed by atoms with Crippen LogP contribution in [0.3, 0.4) is 0 Å². The van der Waals surface area contributed by atoms with E-state index in [1.54, 1.807) is 4.90 Å². The number of likely N-dealkylation sites (N-methyl/N-ethyl adjacent to an activating group) is 1. The van der Waals surface area contributed by atoms with Gasteiger partial charge >= 0.3 is 10.2 Å². The monoisotopic (exact) mass is 807 g/mol. The van der Waals surface area contributed by atoms with Crippen LogP contribution in [0.15, 0.2) is 24.3 Å². The second kappa shape index (κ2) is 13.8. The van der Waals surface area contributed by atoms with Crippen LogP contribution in [0.1, 0.15) is 123 Å². The number of benzene rings is 1. The number of likely N-dealkylation sites (tertiary alicyclic amines) is 1. The van der Waals surface area contributed by atoms with Gasteiger partial charge in [0, 0.05) is 30.5 Å². The van der Waals surface area contributed by atoms with E-state index in [1.165, 1.54) is 4.31 Å². The van der Waals surface area contributed by atoms with Crippen LogP contribution in [0.4, 0.5) is 0 Å². The molecule has 7 aliphatic rings. The summed E-state index contributed by atoms with van der Waals surface area (Å²) in [6, 6.07) is 4.54. The molecule has 57 heavy (non-hydrogen) atoms. The lowest BCUT2D eigenvalue weighted by Gasteiger charge is -2.37. The number of nitrogens with zero attached hydrogens (tertiary/aromatic N) is 3. The molecule has 5 amide bonds. The number of hydrogen-bond donors (Lipinski definition) is 4. The Morgan fingerprint density at radius 3 is 2.26 bits per heavy atom. The fourth-order valence-electron chi connectivity index (χ4n) is 12.1. The first kappa shape index (κ1) is 40.2. The molecular formula is C42H61N7O7S. The van der Waals surface area contributed by atoms with Crippen LogP contribution >= 0.6 is 0 Å². The van der Waals surface area contributed by atoms with Gasteiger partial charge in [-0.3, -0.25) is 28.9 Å². The van der Waals surface area contributed by atoms with Crippen molar-refractivity contribution in [1.82, 2.24) is 34.8 Å². The molecule has 8 atom stereocenters. The molecule has 8 rings (SSSR count). The van der Waals surface area contributed by atoms with Crippen LogP contribution in [0.5, 0.6) is 0 Å². The number of rotatable bonds is 9. The predicted octanol–water partition coefficient (Wildman–Crippen LogP) is 2.64. The summed E-state index contributed by atoms with van der Waals surface area (Å²) in [5.74, 6) is -2.61. The summed E-state index contributed by atoms with van der Waals surface area (Å²) >= 11 is 0. The summed E-state index contributed by atoms with van der Waals surface area (Å²) in [5, 5.41) is 9.18. The number of amides is 5. The summed E-state index contributed by atoms with van der Waals surface area (Å²) in [4.78, 5) is 76.2. The molecule has 4 bridgehead atoms. The van der Waals surface area contributed by atoms with Crippen molar-refractivity contribution in [3.8, 4) is 0 Å². The van der Waals surface area contributed by atoms with Crippen molar-refractivity contribution in [2.24, 2.45) is 22.2 Å². The third-order valence-corrected chi connectivity index (χ3v) is 17.2. The molecule has 6 fully saturated rings. The minimum absolute atomic E-state index is 0.191. The molecule has 0 radical (unpaired) electrons. The van der Waals surface area contributed by atoms with Crippen molar-refractivity contribution in [2.75, 3.05) is 32.7 Å². The van der Waals surface area contributed by atoms with Gasteiger partial charge in [-0.05, 0) is 92.3 Å². The third-order valence-electron chi connectivity index (χ3n) is 15.7. The standard InChI is InChI=1S/C42H61N7O7S/c1-7-27-23-42(27,37(54)46-57(55,56)48-20-9-10-21-48)45-34(51)30-24-41-25-49(30)36(53)32(38(3,4)5)44-35(52)31(43-33(50)29-16-12-19-47(29)8-2)26-14-11-15-28(22-26)39(41,6)40(41)17-13-18-40/h11,14-15,22,27,29-32H,7-10,12-13,16-21,23-25H2,1-6H3,(H,43,50)(H,44,52)(H,45,51)(H,46,54). The highest BCUT2D eigenvalue weighted by atomic mass is 32.2. The normalized spacial score (nSPS) is 36.0. The van der Waals surface area contributed by atoms with Crippen LogP contribution < -0.4 is 20.7 Å². The Labute approximate surface area is 337 Å². The summed E-state index contributed by atoms with van der Waals surface area (Å²) in [6.45, 7) is 14.3. The zero-order chi connectivity index (χ0) is 40.9. The second-order valence-corrected chi connectivity index (χ2v) is 21.0. The Balaban J connectivity index is 1.16. The highest BCUT2D eigenvalue weighted by molar-refractivity contribution is 7.87. The van der Waals surface area contributed by atoms with E-state index in [2.05, 4.69) is 44.6 Å². The first-order valence-electron chi connectivity index (χ1n) is 21.3. The van der Waals surface area contributed by atoms with Crippen LogP contribution in [0.2, 0.25) is 0 Å². The SMILES string of the molecule is CCC1CC1(NC(=O)C1CC23CN1C(=O)C(C(C)(C)C)NC(=O)C(NC(=O)C1CCCN1CC)c1cccc(c1)C2(C)C31CCC1)C(=O)NS(=O)(=O)N1CCCC1. The van der Waals surface area contributed by atoms with Gasteiger partial charge in [0.25, 0.3) is 5.91 Å². The first-order valence-corrected chi connectivity index (χ1v) is 22.7. The number of nitrogens with one attached hydrogen (secondary N) is 4. The van der Waals surface area contributed by atoms with E-state index in [4.69, 9.17) is 0 Å². The lowest BCUT2D eigenvalue weighted by molar-refractivity contribution is -0.145. The maximum Gasteiger partial charge on any atom is 0.303 e. The molecule has 3 saturated carbocycles. The van der Waals surface area contributed by atoms with Crippen LogP contribution in [0.25, 0.3) is 0 Å². The molecule has 3 aliphatic carbocycles. The Hall–Kier alpha value is -3.56. The number of carbonyl (C=O) groups is 5. The molecule has 2 spiro atoms. The molecule has 14 nitrogen and oxygen atoms in total. The van der Waals surface area contributed by atoms with Crippen LogP contribution in [-0.4, -0.2) is 108 Å². The average molecular weight is 808 g/mol. The first-order chi connectivity index (χ1) is 26.9. The highest BCUT2D eigenvalue weighted by Gasteiger charge is 2.87. The van der Waals surface area contributed by atoms with Gasteiger partial charge in [-0.2, -0.15) is 12.7 Å². The third kappa shape index (κ3) is 5.97. The highest BCUT2D eigenvalue weighted by Crippen LogP contribution is 2.88. The molecule has 4 aliphatic heterocycles. The van der Waals surface area contributed by atoms with Crippen molar-refractivity contribution >= 4 is 39.7 Å². The molecule has 3 saturated heterocycles. The van der Waals surface area contributed by atoms with Gasteiger partial charge in [0.2, 0.25) is 23.6 Å². The van der Waals surface area contributed by atoms with Crippen molar-refractivity contribution < 1.29 is 32.4 Å². The van der Waals surface area contributed by atoms with E-state index in [0.717, 1.165) is 57.2 Å². The maximum absolute atomic E-state index is 15.2. The Morgan fingerprint density at radius 2 is 1.65 bits per heavy atom. The minimum atomic E-state index is -4.09. The van der Waals surface area contributed by atoms with Crippen molar-refractivity contribution in [2.45, 2.75) is 141 Å². The zero-order valence-corrected chi connectivity index (χ0v) is 35.2. The molecule has 4 heterocycles. The maximum atomic E-state index is 15.2. The quantitative estimate of drug-likeness (QED) is 0.295. The van der Waals surface area contributed by atoms with Crippen molar-refractivity contribution in [1.29, 1.82) is 0 Å². The smallest absolute Gasteiger partial charge is 0.303 e. The molecule has 312 valence electrons. The van der Waals surface area contributed by atoms with Gasteiger partial charge < -0.3 is 20.9 Å². The van der Waals surface area contributed by atoms with Gasteiger partial charge in [0.05, 0.1) is 6.04 Å². The van der Waals surface area contributed by atoms with Gasteiger partial charge in [-0.1, -0.05) is 78.6 Å². The summed E-state index contributed by atoms with van der Waals surface area (Å²) in [6.07, 6.45) is 7.13. The van der Waals surface area contributed by atoms with E-state index in [-0.39, 0.29) is 23.3 Å². The van der Waals surface area contributed by atoms with E-state index in [1.807, 2.05) is 46.8 Å². The molecular weight excluding hydrogens is 747 g/mol. The molecule has 0 aromatic heterocycles. The number of fused-ring (bicyclic) bond motifs is 5. The molecule has 8 unspecified atom stereocenters. The Bertz CT molecular complexity index is 1970. The van der Waals surface area contributed by atoms with E-state index in [9.17, 15) is 27.6 Å². The molecule has 15 heteroatoms. The molecule has 4 N–H and O–H groups in total. The lowest BCUT2D eigenvalue weighted by atomic mass is 9.72. The lowest BCUT2D eigenvalue weighted by Crippen LogP contribution is -2.61. The topological polar surface area (TPSA) is 177 Å². The Kier molecular flexibility index (Phi) is 9.71. The Morgan fingerprint density at radius 1 is 0.930 bits per heavy atom. The zero-order valence-electron chi connectivity index (χ0n) is 34.4. The summed E-state index contributed by atoms with van der Waals surface area (Å²) < 4.78 is 30.0. The van der Waals surface area contributed by atoms with E-state index < -0.39 is 73.7 Å². The fraction of sp³-hybridized carbons (Fsp3) is 0.738. The summed E-state index contributed by atoms with van der Waals surface area (Å²) in [7, 11) is -4.09. The van der Waals surface area contributed by atoms with Gasteiger partial charge in [-0.15, -0.1) is 0 Å². The average Bonchev–Trinajstić information content (AvgIpc) is 3.55. The van der Waals surface area contributed by atoms with E-state index >= 15 is 4.79 Å². The van der Waals surface area contributed by atoms with Crippen LogP contribution in [0, 0.1) is 22.2 Å². The van der Waals surface area contributed by atoms with Crippen molar-refractivity contribution in [3.05, 3.63) is 35.4 Å². The molecule has 1 aromatic rings. The van der Waals surface area contributed by atoms with Gasteiger partial charge in [0.1, 0.15) is 23.7 Å². The largest absolute Gasteiger partial charge is 0.342 e. The van der Waals surface area contributed by atoms with E-state index in [0.29, 0.717) is 50.9 Å². The molecule has 1 aromatic carbocycles. The summed E-state index contributed by atoms with van der Waals surface area (Å²) in [5.41, 5.74) is -1.64. The number of hydrogen-bond acceptors (Lipinski definition) is 8. The van der Waals surface area contributed by atoms with Crippen molar-refractivity contribution in [3.63, 3.8) is 0 Å². The predicted molar refractivity (Wildman–Crippen MR) is 212 cm³/mol. The fourth-order valence-corrected chi connectivity index (χ4v) is 13.4. The second-order valence-electron chi connectivity index (χ2n) is 19.3. The van der Waals surface area contributed by atoms with Gasteiger partial charge in [0.15, 0.2) is 0 Å². The van der Waals surface area contributed by atoms with Gasteiger partial charge in [-0.25, -0.2) is 4.72 Å². The number of carbonyl (C=O) groups excluding carboxylic acids is 5. The minimum Gasteiger partial charge on any atom is -0.342 e. The van der Waals surface area contributed by atoms with Crippen LogP contribution in [-0.2, 0) is 39.6 Å².